The number of pyridine rings is 1. The molecule has 1 amide bonds. The van der Waals surface area contributed by atoms with Crippen LogP contribution in [0.25, 0.3) is 0 Å². The minimum atomic E-state index is -0.0539. The second-order valence-corrected chi connectivity index (χ2v) is 4.60. The number of methoxy groups -OCH3 is 1. The minimum Gasteiger partial charge on any atom is -0.481 e. The summed E-state index contributed by atoms with van der Waals surface area (Å²) in [6.07, 6.45) is 1.97. The van der Waals surface area contributed by atoms with Gasteiger partial charge in [0.1, 0.15) is 0 Å². The average molecular weight is 285 g/mol. The highest BCUT2D eigenvalue weighted by Crippen LogP contribution is 2.13. The second-order valence-electron chi connectivity index (χ2n) is 4.60. The zero-order valence-electron chi connectivity index (χ0n) is 12.0. The maximum atomic E-state index is 12.0. The van der Waals surface area contributed by atoms with Crippen LogP contribution >= 0.6 is 0 Å². The number of nitrogens with one attached hydrogen (secondary N) is 1. The number of carbonyl (C=O) groups is 1. The first-order chi connectivity index (χ1) is 10.2. The van der Waals surface area contributed by atoms with E-state index in [1.165, 1.54) is 0 Å². The molecule has 0 radical (unpaired) electrons. The fraction of sp³-hybridized carbons (Fsp3) is 0.250. The van der Waals surface area contributed by atoms with E-state index >= 15 is 0 Å². The summed E-state index contributed by atoms with van der Waals surface area (Å²) >= 11 is 0. The Morgan fingerprint density at radius 3 is 2.62 bits per heavy atom. The van der Waals surface area contributed by atoms with Crippen LogP contribution in [0.5, 0.6) is 5.88 Å². The number of benzene rings is 1. The molecule has 2 rings (SSSR count). The van der Waals surface area contributed by atoms with E-state index in [4.69, 9.17) is 10.5 Å². The number of ether oxygens (including phenoxy) is 1. The third-order valence-electron chi connectivity index (χ3n) is 3.21. The van der Waals surface area contributed by atoms with Gasteiger partial charge in [-0.1, -0.05) is 30.3 Å². The van der Waals surface area contributed by atoms with E-state index in [1.807, 2.05) is 36.4 Å². The van der Waals surface area contributed by atoms with Gasteiger partial charge in [0.25, 0.3) is 0 Å². The Labute approximate surface area is 124 Å². The molecule has 0 aliphatic heterocycles. The molecule has 0 unspecified atom stereocenters. The lowest BCUT2D eigenvalue weighted by atomic mass is 10.0. The zero-order chi connectivity index (χ0) is 15.1. The molecule has 0 spiro atoms. The molecule has 1 aromatic heterocycles. The van der Waals surface area contributed by atoms with E-state index in [2.05, 4.69) is 10.3 Å². The summed E-state index contributed by atoms with van der Waals surface area (Å²) in [7, 11) is 1.56. The van der Waals surface area contributed by atoms with Crippen molar-refractivity contribution in [3.05, 3.63) is 59.3 Å². The van der Waals surface area contributed by atoms with E-state index in [-0.39, 0.29) is 5.91 Å². The molecule has 0 bridgehead atoms. The van der Waals surface area contributed by atoms with Crippen molar-refractivity contribution < 1.29 is 9.53 Å². The molecular weight excluding hydrogens is 266 g/mol. The Morgan fingerprint density at radius 2 is 1.90 bits per heavy atom. The van der Waals surface area contributed by atoms with Crippen molar-refractivity contribution in [3.8, 4) is 5.88 Å². The molecule has 2 aromatic rings. The summed E-state index contributed by atoms with van der Waals surface area (Å²) in [5.74, 6) is 0.474. The van der Waals surface area contributed by atoms with Gasteiger partial charge in [-0.3, -0.25) is 4.79 Å². The number of hydrogen-bond acceptors (Lipinski definition) is 4. The van der Waals surface area contributed by atoms with Gasteiger partial charge in [-0.15, -0.1) is 0 Å². The van der Waals surface area contributed by atoms with Crippen molar-refractivity contribution >= 4 is 5.91 Å². The van der Waals surface area contributed by atoms with Crippen LogP contribution in [0, 0.1) is 0 Å². The smallest absolute Gasteiger partial charge is 0.224 e. The monoisotopic (exact) mass is 285 g/mol. The van der Waals surface area contributed by atoms with Crippen molar-refractivity contribution in [2.45, 2.75) is 19.5 Å². The van der Waals surface area contributed by atoms with Crippen LogP contribution in [0.3, 0.4) is 0 Å². The van der Waals surface area contributed by atoms with E-state index in [1.54, 1.807) is 13.3 Å². The third kappa shape index (κ3) is 4.03. The first-order valence-corrected chi connectivity index (χ1v) is 6.76. The fourth-order valence-corrected chi connectivity index (χ4v) is 2.10. The lowest BCUT2D eigenvalue weighted by Gasteiger charge is -2.10. The molecule has 0 fully saturated rings. The highest BCUT2D eigenvalue weighted by molar-refractivity contribution is 5.79. The van der Waals surface area contributed by atoms with Gasteiger partial charge in [-0.25, -0.2) is 4.98 Å². The van der Waals surface area contributed by atoms with Gasteiger partial charge in [0.2, 0.25) is 11.8 Å². The van der Waals surface area contributed by atoms with Gasteiger partial charge < -0.3 is 15.8 Å². The highest BCUT2D eigenvalue weighted by Gasteiger charge is 2.08. The van der Waals surface area contributed by atoms with Crippen LogP contribution in [0.4, 0.5) is 0 Å². The summed E-state index contributed by atoms with van der Waals surface area (Å²) in [6.45, 7) is 0.820. The maximum absolute atomic E-state index is 12.0. The van der Waals surface area contributed by atoms with Gasteiger partial charge in [-0.2, -0.15) is 0 Å². The molecule has 0 atom stereocenters. The van der Waals surface area contributed by atoms with Crippen molar-refractivity contribution in [2.24, 2.45) is 5.73 Å². The van der Waals surface area contributed by atoms with Crippen LogP contribution in [-0.4, -0.2) is 18.0 Å². The highest BCUT2D eigenvalue weighted by atomic mass is 16.5. The van der Waals surface area contributed by atoms with Crippen LogP contribution in [0.2, 0.25) is 0 Å². The van der Waals surface area contributed by atoms with Gasteiger partial charge in [-0.05, 0) is 17.2 Å². The van der Waals surface area contributed by atoms with Gasteiger partial charge in [0.15, 0.2) is 0 Å². The summed E-state index contributed by atoms with van der Waals surface area (Å²) in [5.41, 5.74) is 8.47. The predicted octanol–water partition coefficient (Wildman–Crippen LogP) is 1.41. The number of carbonyl (C=O) groups excluding carboxylic acids is 1. The summed E-state index contributed by atoms with van der Waals surface area (Å²) in [5, 5.41) is 2.87. The molecule has 1 heterocycles. The number of rotatable bonds is 6. The third-order valence-corrected chi connectivity index (χ3v) is 3.21. The SMILES string of the molecule is COc1ncccc1CNC(=O)Cc1ccccc1CN. The van der Waals surface area contributed by atoms with E-state index in [9.17, 15) is 4.79 Å². The molecule has 0 saturated carbocycles. The number of amides is 1. The van der Waals surface area contributed by atoms with Crippen molar-refractivity contribution in [3.63, 3.8) is 0 Å². The Balaban J connectivity index is 1.96. The number of nitrogens with two attached hydrogens (primary N) is 1. The molecule has 5 heteroatoms. The molecule has 0 aliphatic rings. The number of aromatic nitrogens is 1. The Kier molecular flexibility index (Phi) is 5.29. The molecule has 0 saturated heterocycles. The van der Waals surface area contributed by atoms with E-state index < -0.39 is 0 Å². The van der Waals surface area contributed by atoms with E-state index in [0.717, 1.165) is 16.7 Å². The van der Waals surface area contributed by atoms with Crippen LogP contribution in [0.1, 0.15) is 16.7 Å². The van der Waals surface area contributed by atoms with Crippen LogP contribution in [0.15, 0.2) is 42.6 Å². The molecule has 21 heavy (non-hydrogen) atoms. The fourth-order valence-electron chi connectivity index (χ4n) is 2.10. The minimum absolute atomic E-state index is 0.0539. The van der Waals surface area contributed by atoms with Gasteiger partial charge >= 0.3 is 0 Å². The van der Waals surface area contributed by atoms with Gasteiger partial charge in [0, 0.05) is 24.8 Å². The standard InChI is InChI=1S/C16H19N3O2/c1-21-16-14(7-4-8-18-16)11-19-15(20)9-12-5-2-3-6-13(12)10-17/h2-8H,9-11,17H2,1H3,(H,19,20). The van der Waals surface area contributed by atoms with Crippen molar-refractivity contribution in [2.75, 3.05) is 7.11 Å². The first kappa shape index (κ1) is 15.0. The van der Waals surface area contributed by atoms with Crippen LogP contribution < -0.4 is 15.8 Å². The Hall–Kier alpha value is -2.40. The Bertz CT molecular complexity index is 614. The number of nitrogens with zero attached hydrogens (tertiary/aromatic N) is 1. The summed E-state index contributed by atoms with van der Waals surface area (Å²) in [4.78, 5) is 16.1. The van der Waals surface area contributed by atoms with Gasteiger partial charge in [0.05, 0.1) is 13.5 Å². The summed E-state index contributed by atoms with van der Waals surface area (Å²) < 4.78 is 5.15. The number of hydrogen-bond donors (Lipinski definition) is 2. The van der Waals surface area contributed by atoms with Crippen molar-refractivity contribution in [1.29, 1.82) is 0 Å². The first-order valence-electron chi connectivity index (χ1n) is 6.76. The second kappa shape index (κ2) is 7.40. The van der Waals surface area contributed by atoms with E-state index in [0.29, 0.717) is 25.4 Å². The molecule has 5 nitrogen and oxygen atoms in total. The van der Waals surface area contributed by atoms with Crippen LogP contribution in [-0.2, 0) is 24.3 Å². The average Bonchev–Trinajstić information content (AvgIpc) is 2.53. The maximum Gasteiger partial charge on any atom is 0.224 e. The predicted molar refractivity (Wildman–Crippen MR) is 80.7 cm³/mol. The topological polar surface area (TPSA) is 77.2 Å². The molecule has 0 aliphatic carbocycles. The zero-order valence-corrected chi connectivity index (χ0v) is 12.0. The normalized spacial score (nSPS) is 10.2. The molecule has 1 aromatic carbocycles. The largest absolute Gasteiger partial charge is 0.481 e. The van der Waals surface area contributed by atoms with Crippen molar-refractivity contribution in [1.82, 2.24) is 10.3 Å². The quantitative estimate of drug-likeness (QED) is 0.841. The molecule has 3 N–H and O–H groups in total. The summed E-state index contributed by atoms with van der Waals surface area (Å²) in [6, 6.07) is 11.4. The molecule has 110 valence electrons. The lowest BCUT2D eigenvalue weighted by molar-refractivity contribution is -0.120. The Morgan fingerprint density at radius 1 is 1.19 bits per heavy atom. The lowest BCUT2D eigenvalue weighted by Crippen LogP contribution is -2.25. The molecular formula is C16H19N3O2.